The summed E-state index contributed by atoms with van der Waals surface area (Å²) in [4.78, 5) is 20.8. The Hall–Kier alpha value is -1.46. The lowest BCUT2D eigenvalue weighted by atomic mass is 10.3. The highest BCUT2D eigenvalue weighted by Gasteiger charge is 2.15. The summed E-state index contributed by atoms with van der Waals surface area (Å²) >= 11 is 0. The van der Waals surface area contributed by atoms with Crippen LogP contribution in [0.1, 0.15) is 31.9 Å². The van der Waals surface area contributed by atoms with Crippen molar-refractivity contribution in [3.05, 3.63) is 23.9 Å². The number of halogens is 1. The van der Waals surface area contributed by atoms with Crippen molar-refractivity contribution in [1.29, 1.82) is 0 Å². The number of anilines is 1. The highest BCUT2D eigenvalue weighted by Crippen LogP contribution is 2.08. The Balaban J connectivity index is 0.00000392. The molecular weight excluding hydrogens is 473 g/mol. The molecule has 1 aromatic rings. The van der Waals surface area contributed by atoms with E-state index in [9.17, 15) is 4.79 Å². The molecule has 1 atom stereocenters. The van der Waals surface area contributed by atoms with Crippen LogP contribution in [0.3, 0.4) is 0 Å². The van der Waals surface area contributed by atoms with Gasteiger partial charge in [0.1, 0.15) is 5.82 Å². The van der Waals surface area contributed by atoms with E-state index in [0.717, 1.165) is 31.7 Å². The highest BCUT2D eigenvalue weighted by atomic mass is 127. The van der Waals surface area contributed by atoms with Gasteiger partial charge in [-0.05, 0) is 38.8 Å². The minimum Gasteiger partial charge on any atom is -0.379 e. The molecule has 0 aromatic carbocycles. The van der Waals surface area contributed by atoms with Crippen molar-refractivity contribution in [3.63, 3.8) is 0 Å². The summed E-state index contributed by atoms with van der Waals surface area (Å²) in [5, 5.41) is 9.16. The molecule has 8 nitrogen and oxygen atoms in total. The molecule has 2 rings (SSSR count). The van der Waals surface area contributed by atoms with Crippen molar-refractivity contribution in [3.8, 4) is 0 Å². The number of hydrogen-bond acceptors (Lipinski definition) is 5. The van der Waals surface area contributed by atoms with Gasteiger partial charge in [-0.15, -0.1) is 24.0 Å². The van der Waals surface area contributed by atoms with Crippen molar-refractivity contribution < 1.29 is 14.3 Å². The molecule has 1 aromatic heterocycles. The van der Waals surface area contributed by atoms with Gasteiger partial charge in [0.15, 0.2) is 5.96 Å². The van der Waals surface area contributed by atoms with E-state index < -0.39 is 0 Å². The number of nitrogens with zero attached hydrogens (tertiary/aromatic N) is 2. The van der Waals surface area contributed by atoms with Gasteiger partial charge < -0.3 is 25.4 Å². The molecule has 0 spiro atoms. The molecule has 0 bridgehead atoms. The van der Waals surface area contributed by atoms with Crippen molar-refractivity contribution in [1.82, 2.24) is 15.6 Å². The Morgan fingerprint density at radius 3 is 2.96 bits per heavy atom. The third-order valence-electron chi connectivity index (χ3n) is 3.96. The molecule has 9 heteroatoms. The fraction of sp³-hybridized carbons (Fsp3) is 0.632. The topological polar surface area (TPSA) is 96.9 Å². The second-order valence-electron chi connectivity index (χ2n) is 6.36. The van der Waals surface area contributed by atoms with Crippen molar-refractivity contribution in [2.75, 3.05) is 44.8 Å². The van der Waals surface area contributed by atoms with Gasteiger partial charge in [0, 0.05) is 45.0 Å². The van der Waals surface area contributed by atoms with E-state index in [1.807, 2.05) is 26.0 Å². The number of hydrogen-bond donors (Lipinski definition) is 3. The van der Waals surface area contributed by atoms with E-state index in [-0.39, 0.29) is 36.0 Å². The molecule has 158 valence electrons. The van der Waals surface area contributed by atoms with Gasteiger partial charge >= 0.3 is 0 Å². The van der Waals surface area contributed by atoms with Gasteiger partial charge in [0.2, 0.25) is 5.91 Å². The minimum absolute atomic E-state index is 0. The lowest BCUT2D eigenvalue weighted by Crippen LogP contribution is -2.38. The zero-order valence-corrected chi connectivity index (χ0v) is 19.0. The van der Waals surface area contributed by atoms with Crippen LogP contribution in [0, 0.1) is 6.92 Å². The van der Waals surface area contributed by atoms with Gasteiger partial charge in [-0.3, -0.25) is 9.79 Å². The molecule has 2 heterocycles. The first-order valence-electron chi connectivity index (χ1n) is 9.62. The first kappa shape index (κ1) is 24.6. The van der Waals surface area contributed by atoms with E-state index in [1.165, 1.54) is 0 Å². The predicted molar refractivity (Wildman–Crippen MR) is 121 cm³/mol. The average molecular weight is 505 g/mol. The lowest BCUT2D eigenvalue weighted by molar-refractivity contribution is -0.116. The Labute approximate surface area is 184 Å². The van der Waals surface area contributed by atoms with Gasteiger partial charge in [0.25, 0.3) is 0 Å². The third-order valence-corrected chi connectivity index (χ3v) is 3.96. The molecule has 1 saturated heterocycles. The van der Waals surface area contributed by atoms with Crippen molar-refractivity contribution in [2.45, 2.75) is 39.2 Å². The zero-order valence-electron chi connectivity index (χ0n) is 16.7. The van der Waals surface area contributed by atoms with Crippen LogP contribution in [0.4, 0.5) is 5.82 Å². The Morgan fingerprint density at radius 2 is 2.25 bits per heavy atom. The average Bonchev–Trinajstić information content (AvgIpc) is 3.15. The molecule has 0 aliphatic carbocycles. The number of aryl methyl sites for hydroxylation is 1. The SMILES string of the molecule is CCNC(=NCCCOC1CCOC1)NCCC(=O)Nc1cccc(C)n1.I. The maximum Gasteiger partial charge on any atom is 0.227 e. The summed E-state index contributed by atoms with van der Waals surface area (Å²) in [6.45, 7) is 8.02. The number of aliphatic imine (C=N–C) groups is 1. The number of carbonyl (C=O) groups is 1. The Bertz CT molecular complexity index is 609. The number of aromatic nitrogens is 1. The van der Waals surface area contributed by atoms with Crippen LogP contribution >= 0.6 is 24.0 Å². The van der Waals surface area contributed by atoms with Crippen LogP contribution in [0.5, 0.6) is 0 Å². The van der Waals surface area contributed by atoms with Gasteiger partial charge in [-0.2, -0.15) is 0 Å². The zero-order chi connectivity index (χ0) is 19.3. The number of nitrogens with one attached hydrogen (secondary N) is 3. The van der Waals surface area contributed by atoms with E-state index >= 15 is 0 Å². The molecule has 1 fully saturated rings. The second kappa shape index (κ2) is 14.5. The molecular formula is C19H32IN5O3. The molecule has 1 amide bonds. The number of carbonyl (C=O) groups excluding carboxylic acids is 1. The van der Waals surface area contributed by atoms with E-state index in [1.54, 1.807) is 6.07 Å². The molecule has 28 heavy (non-hydrogen) atoms. The van der Waals surface area contributed by atoms with Crippen LogP contribution < -0.4 is 16.0 Å². The fourth-order valence-corrected chi connectivity index (χ4v) is 2.60. The maximum atomic E-state index is 12.0. The van der Waals surface area contributed by atoms with Crippen LogP contribution in [0.2, 0.25) is 0 Å². The monoisotopic (exact) mass is 505 g/mol. The summed E-state index contributed by atoms with van der Waals surface area (Å²) in [7, 11) is 0. The van der Waals surface area contributed by atoms with Gasteiger partial charge in [0.05, 0.1) is 12.7 Å². The molecule has 1 unspecified atom stereocenters. The van der Waals surface area contributed by atoms with Crippen LogP contribution in [-0.4, -0.2) is 62.4 Å². The normalized spacial score (nSPS) is 16.4. The summed E-state index contributed by atoms with van der Waals surface area (Å²) in [5.41, 5.74) is 0.872. The Kier molecular flexibility index (Phi) is 12.8. The number of amides is 1. The minimum atomic E-state index is -0.0800. The van der Waals surface area contributed by atoms with Crippen molar-refractivity contribution >= 4 is 41.7 Å². The summed E-state index contributed by atoms with van der Waals surface area (Å²) in [6.07, 6.45) is 2.41. The Morgan fingerprint density at radius 1 is 1.39 bits per heavy atom. The number of guanidine groups is 1. The summed E-state index contributed by atoms with van der Waals surface area (Å²) in [6, 6.07) is 5.54. The van der Waals surface area contributed by atoms with Crippen molar-refractivity contribution in [2.24, 2.45) is 4.99 Å². The molecule has 3 N–H and O–H groups in total. The smallest absolute Gasteiger partial charge is 0.227 e. The molecule has 1 aliphatic rings. The highest BCUT2D eigenvalue weighted by molar-refractivity contribution is 14.0. The fourth-order valence-electron chi connectivity index (χ4n) is 2.60. The lowest BCUT2D eigenvalue weighted by Gasteiger charge is -2.12. The number of pyridine rings is 1. The summed E-state index contributed by atoms with van der Waals surface area (Å²) in [5.74, 6) is 1.21. The number of rotatable bonds is 10. The molecule has 0 radical (unpaired) electrons. The quantitative estimate of drug-likeness (QED) is 0.195. The largest absolute Gasteiger partial charge is 0.379 e. The van der Waals surface area contributed by atoms with Crippen LogP contribution in [0.15, 0.2) is 23.2 Å². The third kappa shape index (κ3) is 10.2. The van der Waals surface area contributed by atoms with E-state index in [0.29, 0.717) is 44.5 Å². The predicted octanol–water partition coefficient (Wildman–Crippen LogP) is 2.09. The van der Waals surface area contributed by atoms with Gasteiger partial charge in [-0.1, -0.05) is 6.07 Å². The standard InChI is InChI=1S/C19H31N5O3.HI/c1-3-20-19(21-10-5-12-27-16-9-13-26-14-16)22-11-8-18(25)24-17-7-4-6-15(2)23-17;/h4,6-7,16H,3,5,8-14H2,1-2H3,(H2,20,21,22)(H,23,24,25);1H. The second-order valence-corrected chi connectivity index (χ2v) is 6.36. The summed E-state index contributed by atoms with van der Waals surface area (Å²) < 4.78 is 11.0. The van der Waals surface area contributed by atoms with Crippen LogP contribution in [-0.2, 0) is 14.3 Å². The first-order valence-corrected chi connectivity index (χ1v) is 9.62. The van der Waals surface area contributed by atoms with E-state index in [4.69, 9.17) is 9.47 Å². The first-order chi connectivity index (χ1) is 13.2. The molecule has 1 aliphatic heterocycles. The number of ether oxygens (including phenoxy) is 2. The molecule has 0 saturated carbocycles. The van der Waals surface area contributed by atoms with Crippen LogP contribution in [0.25, 0.3) is 0 Å². The van der Waals surface area contributed by atoms with E-state index in [2.05, 4.69) is 25.9 Å². The van der Waals surface area contributed by atoms with Gasteiger partial charge in [-0.25, -0.2) is 4.98 Å². The maximum absolute atomic E-state index is 12.0.